The van der Waals surface area contributed by atoms with Crippen molar-refractivity contribution in [2.45, 2.75) is 26.3 Å². The number of nitrogens with zero attached hydrogens (tertiary/aromatic N) is 2. The van der Waals surface area contributed by atoms with Gasteiger partial charge in [0, 0.05) is 22.4 Å². The summed E-state index contributed by atoms with van der Waals surface area (Å²) in [4.78, 5) is 19.1. The molecule has 0 saturated carbocycles. The van der Waals surface area contributed by atoms with E-state index in [0.29, 0.717) is 22.5 Å². The Hall–Kier alpha value is -2.73. The maximum Gasteiger partial charge on any atom is 0.248 e. The quantitative estimate of drug-likeness (QED) is 0.539. The lowest BCUT2D eigenvalue weighted by Gasteiger charge is -2.13. The molecule has 0 aliphatic rings. The van der Waals surface area contributed by atoms with Gasteiger partial charge in [-0.3, -0.25) is 4.79 Å². The van der Waals surface area contributed by atoms with E-state index in [1.807, 2.05) is 24.5 Å². The highest BCUT2D eigenvalue weighted by Crippen LogP contribution is 2.27. The Morgan fingerprint density at radius 2 is 1.96 bits per heavy atom. The van der Waals surface area contributed by atoms with Crippen molar-refractivity contribution >= 4 is 33.5 Å². The Balaban J connectivity index is 1.96. The van der Waals surface area contributed by atoms with Crippen molar-refractivity contribution in [1.82, 2.24) is 14.5 Å². The second-order valence-corrected chi connectivity index (χ2v) is 7.22. The lowest BCUT2D eigenvalue weighted by atomic mass is 10.1. The third kappa shape index (κ3) is 3.00. The van der Waals surface area contributed by atoms with Crippen LogP contribution in [0, 0.1) is 11.6 Å². The number of aromatic amines is 1. The van der Waals surface area contributed by atoms with E-state index in [1.165, 1.54) is 12.1 Å². The van der Waals surface area contributed by atoms with Crippen molar-refractivity contribution < 1.29 is 8.78 Å². The number of benzene rings is 2. The van der Waals surface area contributed by atoms with E-state index >= 15 is 0 Å². The number of H-pyrrole nitrogens is 1. The smallest absolute Gasteiger partial charge is 0.248 e. The predicted octanol–water partition coefficient (Wildman–Crippen LogP) is 4.98. The molecule has 2 aromatic heterocycles. The topological polar surface area (TPSA) is 50.7 Å². The second-order valence-electron chi connectivity index (χ2n) is 6.79. The molecule has 138 valence electrons. The number of halogens is 3. The summed E-state index contributed by atoms with van der Waals surface area (Å²) >= 11 is 6.08. The summed E-state index contributed by atoms with van der Waals surface area (Å²) in [5, 5.41) is 1.04. The molecule has 2 heterocycles. The average molecular weight is 388 g/mol. The lowest BCUT2D eigenvalue weighted by Crippen LogP contribution is -2.12. The predicted molar refractivity (Wildman–Crippen MR) is 102 cm³/mol. The third-order valence-electron chi connectivity index (χ3n) is 4.58. The van der Waals surface area contributed by atoms with Crippen molar-refractivity contribution in [1.29, 1.82) is 0 Å². The van der Waals surface area contributed by atoms with Gasteiger partial charge in [0.15, 0.2) is 11.6 Å². The number of fused-ring (bicyclic) bond motifs is 2. The average Bonchev–Trinajstić information content (AvgIpc) is 2.96. The number of hydrogen-bond acceptors (Lipinski definition) is 2. The number of pyridine rings is 1. The number of aromatic nitrogens is 3. The van der Waals surface area contributed by atoms with Crippen molar-refractivity contribution in [2.24, 2.45) is 0 Å². The zero-order valence-electron chi connectivity index (χ0n) is 14.7. The summed E-state index contributed by atoms with van der Waals surface area (Å²) in [6.45, 7) is 4.34. The molecule has 0 aliphatic heterocycles. The van der Waals surface area contributed by atoms with Gasteiger partial charge in [-0.15, -0.1) is 0 Å². The molecule has 0 amide bonds. The van der Waals surface area contributed by atoms with Gasteiger partial charge in [0.25, 0.3) is 0 Å². The van der Waals surface area contributed by atoms with Crippen LogP contribution in [0.15, 0.2) is 41.2 Å². The van der Waals surface area contributed by atoms with Crippen LogP contribution in [0.2, 0.25) is 5.02 Å². The highest BCUT2D eigenvalue weighted by molar-refractivity contribution is 6.31. The molecule has 0 aliphatic carbocycles. The maximum absolute atomic E-state index is 14.2. The van der Waals surface area contributed by atoms with Crippen LogP contribution in [0.4, 0.5) is 8.78 Å². The highest BCUT2D eigenvalue weighted by atomic mass is 35.5. The van der Waals surface area contributed by atoms with Gasteiger partial charge in [-0.25, -0.2) is 13.8 Å². The Kier molecular flexibility index (Phi) is 4.23. The largest absolute Gasteiger partial charge is 0.323 e. The SMILES string of the molecule is CC(C)c1nc2cc(Cl)ccc2n1Cc1cc(=O)[nH]c2c(F)c(F)ccc12. The minimum Gasteiger partial charge on any atom is -0.323 e. The Labute approximate surface area is 158 Å². The van der Waals surface area contributed by atoms with E-state index in [1.54, 1.807) is 12.1 Å². The molecule has 1 N–H and O–H groups in total. The summed E-state index contributed by atoms with van der Waals surface area (Å²) in [6, 6.07) is 9.37. The van der Waals surface area contributed by atoms with Crippen LogP contribution >= 0.6 is 11.6 Å². The van der Waals surface area contributed by atoms with Gasteiger partial charge in [0.05, 0.1) is 23.1 Å². The fourth-order valence-electron chi connectivity index (χ4n) is 3.37. The summed E-state index contributed by atoms with van der Waals surface area (Å²) in [7, 11) is 0. The maximum atomic E-state index is 14.2. The summed E-state index contributed by atoms with van der Waals surface area (Å²) in [5.74, 6) is -1.11. The minimum atomic E-state index is -1.06. The standard InChI is InChI=1S/C20H16ClF2N3O/c1-10(2)20-24-15-8-12(21)3-6-16(15)26(20)9-11-7-17(27)25-19-13(11)4-5-14(22)18(19)23/h3-8,10H,9H2,1-2H3,(H,25,27). The molecule has 0 spiro atoms. The molecule has 0 unspecified atom stereocenters. The monoisotopic (exact) mass is 387 g/mol. The van der Waals surface area contributed by atoms with Crippen LogP contribution in [-0.2, 0) is 6.54 Å². The fourth-order valence-corrected chi connectivity index (χ4v) is 3.53. The first-order valence-corrected chi connectivity index (χ1v) is 8.88. The molecule has 0 radical (unpaired) electrons. The van der Waals surface area contributed by atoms with Crippen LogP contribution in [0.1, 0.15) is 31.2 Å². The van der Waals surface area contributed by atoms with Gasteiger partial charge in [-0.1, -0.05) is 25.4 Å². The third-order valence-corrected chi connectivity index (χ3v) is 4.81. The van der Waals surface area contributed by atoms with Gasteiger partial charge in [0.2, 0.25) is 5.56 Å². The molecule has 7 heteroatoms. The van der Waals surface area contributed by atoms with E-state index in [0.717, 1.165) is 22.9 Å². The van der Waals surface area contributed by atoms with Crippen LogP contribution in [-0.4, -0.2) is 14.5 Å². The summed E-state index contributed by atoms with van der Waals surface area (Å²) in [5.41, 5.74) is 1.58. The molecule has 0 bridgehead atoms. The number of nitrogens with one attached hydrogen (secondary N) is 1. The van der Waals surface area contributed by atoms with Crippen LogP contribution < -0.4 is 5.56 Å². The van der Waals surface area contributed by atoms with Crippen LogP contribution in [0.25, 0.3) is 21.9 Å². The zero-order chi connectivity index (χ0) is 19.3. The molecule has 0 atom stereocenters. The molecule has 0 saturated heterocycles. The normalized spacial score (nSPS) is 11.8. The first-order valence-electron chi connectivity index (χ1n) is 8.50. The van der Waals surface area contributed by atoms with Gasteiger partial charge in [0.1, 0.15) is 5.82 Å². The van der Waals surface area contributed by atoms with E-state index in [9.17, 15) is 13.6 Å². The van der Waals surface area contributed by atoms with Crippen molar-refractivity contribution in [3.63, 3.8) is 0 Å². The van der Waals surface area contributed by atoms with Gasteiger partial charge >= 0.3 is 0 Å². The lowest BCUT2D eigenvalue weighted by molar-refractivity contribution is 0.515. The minimum absolute atomic E-state index is 0.124. The summed E-state index contributed by atoms with van der Waals surface area (Å²) < 4.78 is 29.7. The molecule has 4 rings (SSSR count). The Morgan fingerprint density at radius 3 is 2.70 bits per heavy atom. The van der Waals surface area contributed by atoms with Gasteiger partial charge < -0.3 is 9.55 Å². The van der Waals surface area contributed by atoms with E-state index in [-0.39, 0.29) is 11.4 Å². The summed E-state index contributed by atoms with van der Waals surface area (Å²) in [6.07, 6.45) is 0. The fraction of sp³-hybridized carbons (Fsp3) is 0.200. The van der Waals surface area contributed by atoms with Crippen molar-refractivity contribution in [3.8, 4) is 0 Å². The molecular formula is C20H16ClF2N3O. The second kappa shape index (κ2) is 6.46. The van der Waals surface area contributed by atoms with E-state index < -0.39 is 17.2 Å². The van der Waals surface area contributed by atoms with Crippen LogP contribution in [0.5, 0.6) is 0 Å². The Morgan fingerprint density at radius 1 is 1.19 bits per heavy atom. The van der Waals surface area contributed by atoms with Crippen molar-refractivity contribution in [2.75, 3.05) is 0 Å². The number of imidazole rings is 1. The first-order chi connectivity index (χ1) is 12.8. The Bertz CT molecular complexity index is 1240. The number of hydrogen-bond donors (Lipinski definition) is 1. The molecule has 0 fully saturated rings. The van der Waals surface area contributed by atoms with E-state index in [2.05, 4.69) is 9.97 Å². The molecule has 4 aromatic rings. The van der Waals surface area contributed by atoms with Crippen molar-refractivity contribution in [3.05, 3.63) is 74.8 Å². The van der Waals surface area contributed by atoms with Crippen LogP contribution in [0.3, 0.4) is 0 Å². The zero-order valence-corrected chi connectivity index (χ0v) is 15.4. The highest BCUT2D eigenvalue weighted by Gasteiger charge is 2.17. The van der Waals surface area contributed by atoms with Gasteiger partial charge in [-0.2, -0.15) is 0 Å². The first kappa shape index (κ1) is 17.7. The molecule has 27 heavy (non-hydrogen) atoms. The molecule has 2 aromatic carbocycles. The van der Waals surface area contributed by atoms with Gasteiger partial charge in [-0.05, 0) is 35.9 Å². The molecule has 4 nitrogen and oxygen atoms in total. The number of rotatable bonds is 3. The molecular weight excluding hydrogens is 372 g/mol. The van der Waals surface area contributed by atoms with E-state index in [4.69, 9.17) is 11.6 Å².